The minimum atomic E-state index is -2.72. The van der Waals surface area contributed by atoms with Crippen molar-refractivity contribution >= 4 is 17.5 Å². The van der Waals surface area contributed by atoms with Crippen LogP contribution in [0.2, 0.25) is 0 Å². The first-order chi connectivity index (χ1) is 18.4. The first kappa shape index (κ1) is 28.4. The molecule has 0 bridgehead atoms. The summed E-state index contributed by atoms with van der Waals surface area (Å²) in [6, 6.07) is 5.35. The molecule has 0 aliphatic carbocycles. The maximum atomic E-state index is 14.4. The van der Waals surface area contributed by atoms with E-state index in [1.54, 1.807) is 31.1 Å². The van der Waals surface area contributed by atoms with Gasteiger partial charge in [0.25, 0.3) is 12.3 Å². The summed E-state index contributed by atoms with van der Waals surface area (Å²) in [5.41, 5.74) is 2.25. The largest absolute Gasteiger partial charge is 0.444 e. The molecular formula is C29H35F3N4O3. The molecule has 3 aromatic rings. The molecule has 4 rings (SSSR count). The SMILES string of the molecule is CC(C)N(CC(F)F)C(=O)c1cc(F)ccc1-c1cc(C2CCN(C(=O)OC(C)(C)C)CC2)n2ccncc12. The van der Waals surface area contributed by atoms with E-state index in [9.17, 15) is 22.8 Å². The highest BCUT2D eigenvalue weighted by molar-refractivity contribution is 6.03. The summed E-state index contributed by atoms with van der Waals surface area (Å²) < 4.78 is 48.5. The number of alkyl halides is 2. The summed E-state index contributed by atoms with van der Waals surface area (Å²) in [4.78, 5) is 33.0. The molecule has 1 saturated heterocycles. The van der Waals surface area contributed by atoms with Crippen molar-refractivity contribution in [3.63, 3.8) is 0 Å². The number of ether oxygens (including phenoxy) is 1. The average Bonchev–Trinajstić information content (AvgIpc) is 3.25. The number of amides is 2. The standard InChI is InChI=1S/C29H35F3N4O3/c1-18(2)36(17-26(31)32)27(37)23-14-20(30)6-7-21(23)22-15-24(35-13-10-33-16-25(22)35)19-8-11-34(12-9-19)28(38)39-29(3,4)5/h6-7,10,13-16,18-19,26H,8-9,11-12,17H2,1-5H3. The van der Waals surface area contributed by atoms with Crippen molar-refractivity contribution in [3.05, 3.63) is 59.9 Å². The summed E-state index contributed by atoms with van der Waals surface area (Å²) in [6.07, 6.45) is 3.53. The monoisotopic (exact) mass is 544 g/mol. The number of carbonyl (C=O) groups is 2. The Morgan fingerprint density at radius 3 is 2.44 bits per heavy atom. The number of hydrogen-bond acceptors (Lipinski definition) is 4. The van der Waals surface area contributed by atoms with Crippen molar-refractivity contribution in [2.24, 2.45) is 0 Å². The third kappa shape index (κ3) is 6.37. The van der Waals surface area contributed by atoms with Crippen LogP contribution < -0.4 is 0 Å². The normalized spacial score (nSPS) is 14.9. The topological polar surface area (TPSA) is 67.2 Å². The lowest BCUT2D eigenvalue weighted by molar-refractivity contribution is 0.0203. The highest BCUT2D eigenvalue weighted by atomic mass is 19.3. The number of benzene rings is 1. The fourth-order valence-electron chi connectivity index (χ4n) is 5.05. The maximum Gasteiger partial charge on any atom is 0.410 e. The molecule has 39 heavy (non-hydrogen) atoms. The lowest BCUT2D eigenvalue weighted by Crippen LogP contribution is -2.41. The fraction of sp³-hybridized carbons (Fsp3) is 0.483. The second-order valence-corrected chi connectivity index (χ2v) is 11.2. The van der Waals surface area contributed by atoms with E-state index in [0.29, 0.717) is 42.6 Å². The molecule has 10 heteroatoms. The van der Waals surface area contributed by atoms with Gasteiger partial charge in [-0.2, -0.15) is 0 Å². The summed E-state index contributed by atoms with van der Waals surface area (Å²) >= 11 is 0. The van der Waals surface area contributed by atoms with Gasteiger partial charge in [-0.1, -0.05) is 6.07 Å². The summed E-state index contributed by atoms with van der Waals surface area (Å²) in [6.45, 7) is 9.13. The van der Waals surface area contributed by atoms with Gasteiger partial charge in [-0.15, -0.1) is 0 Å². The van der Waals surface area contributed by atoms with Gasteiger partial charge in [0.15, 0.2) is 0 Å². The van der Waals surface area contributed by atoms with Crippen molar-refractivity contribution in [2.45, 2.75) is 71.4 Å². The van der Waals surface area contributed by atoms with Crippen LogP contribution in [0.4, 0.5) is 18.0 Å². The molecule has 0 unspecified atom stereocenters. The first-order valence-corrected chi connectivity index (χ1v) is 13.2. The molecule has 0 N–H and O–H groups in total. The van der Waals surface area contributed by atoms with Crippen LogP contribution >= 0.6 is 0 Å². The molecule has 1 aromatic carbocycles. The number of carbonyl (C=O) groups excluding carboxylic acids is 2. The predicted molar refractivity (Wildman–Crippen MR) is 143 cm³/mol. The number of halogens is 3. The van der Waals surface area contributed by atoms with Crippen LogP contribution in [0, 0.1) is 5.82 Å². The number of fused-ring (bicyclic) bond motifs is 1. The van der Waals surface area contributed by atoms with Crippen LogP contribution in [0.5, 0.6) is 0 Å². The van der Waals surface area contributed by atoms with E-state index in [1.165, 1.54) is 12.1 Å². The predicted octanol–water partition coefficient (Wildman–Crippen LogP) is 6.37. The van der Waals surface area contributed by atoms with E-state index in [2.05, 4.69) is 4.98 Å². The van der Waals surface area contributed by atoms with Gasteiger partial charge in [0.1, 0.15) is 11.4 Å². The van der Waals surface area contributed by atoms with E-state index in [0.717, 1.165) is 16.7 Å². The molecule has 1 aliphatic rings. The molecule has 3 heterocycles. The Hall–Kier alpha value is -3.56. The lowest BCUT2D eigenvalue weighted by atomic mass is 9.92. The van der Waals surface area contributed by atoms with Crippen LogP contribution in [0.3, 0.4) is 0 Å². The Morgan fingerprint density at radius 1 is 1.13 bits per heavy atom. The third-order valence-electron chi connectivity index (χ3n) is 6.89. The molecule has 0 saturated carbocycles. The molecular weight excluding hydrogens is 509 g/mol. The van der Waals surface area contributed by atoms with Crippen molar-refractivity contribution in [1.82, 2.24) is 19.2 Å². The molecule has 0 atom stereocenters. The van der Waals surface area contributed by atoms with Gasteiger partial charge in [0.05, 0.1) is 23.8 Å². The smallest absolute Gasteiger partial charge is 0.410 e. The highest BCUT2D eigenvalue weighted by Gasteiger charge is 2.31. The first-order valence-electron chi connectivity index (χ1n) is 13.2. The number of hydrogen-bond donors (Lipinski definition) is 0. The lowest BCUT2D eigenvalue weighted by Gasteiger charge is -2.33. The second kappa shape index (κ2) is 11.3. The van der Waals surface area contributed by atoms with Crippen molar-refractivity contribution in [3.8, 4) is 11.1 Å². The summed E-state index contributed by atoms with van der Waals surface area (Å²) in [5, 5.41) is 0. The Bertz CT molecular complexity index is 1340. The van der Waals surface area contributed by atoms with E-state index < -0.39 is 36.3 Å². The Kier molecular flexibility index (Phi) is 8.23. The number of aromatic nitrogens is 2. The van der Waals surface area contributed by atoms with Gasteiger partial charge in [0, 0.05) is 48.7 Å². The number of nitrogens with zero attached hydrogens (tertiary/aromatic N) is 4. The minimum Gasteiger partial charge on any atom is -0.444 e. The summed E-state index contributed by atoms with van der Waals surface area (Å²) in [5.74, 6) is -1.17. The van der Waals surface area contributed by atoms with Crippen LogP contribution in [0.1, 0.15) is 69.4 Å². The molecule has 7 nitrogen and oxygen atoms in total. The fourth-order valence-corrected chi connectivity index (χ4v) is 5.05. The zero-order valence-corrected chi connectivity index (χ0v) is 23.0. The molecule has 1 aliphatic heterocycles. The van der Waals surface area contributed by atoms with Crippen LogP contribution in [0.15, 0.2) is 42.9 Å². The van der Waals surface area contributed by atoms with Gasteiger partial charge >= 0.3 is 6.09 Å². The van der Waals surface area contributed by atoms with Crippen LogP contribution in [-0.4, -0.2) is 68.9 Å². The molecule has 1 fully saturated rings. The van der Waals surface area contributed by atoms with Crippen LogP contribution in [-0.2, 0) is 4.74 Å². The Labute approximate surface area is 226 Å². The second-order valence-electron chi connectivity index (χ2n) is 11.2. The quantitative estimate of drug-likeness (QED) is 0.362. The van der Waals surface area contributed by atoms with Crippen molar-refractivity contribution < 1.29 is 27.5 Å². The Morgan fingerprint density at radius 2 is 1.82 bits per heavy atom. The van der Waals surface area contributed by atoms with E-state index >= 15 is 0 Å². The van der Waals surface area contributed by atoms with Crippen molar-refractivity contribution in [2.75, 3.05) is 19.6 Å². The molecule has 210 valence electrons. The molecule has 0 spiro atoms. The Balaban J connectivity index is 1.70. The zero-order chi connectivity index (χ0) is 28.5. The number of rotatable bonds is 6. The summed E-state index contributed by atoms with van der Waals surface area (Å²) in [7, 11) is 0. The molecule has 2 amide bonds. The molecule has 0 radical (unpaired) electrons. The minimum absolute atomic E-state index is 0.0204. The highest BCUT2D eigenvalue weighted by Crippen LogP contribution is 2.37. The van der Waals surface area contributed by atoms with E-state index in [1.807, 2.05) is 37.4 Å². The zero-order valence-electron chi connectivity index (χ0n) is 23.0. The van der Waals surface area contributed by atoms with E-state index in [-0.39, 0.29) is 17.6 Å². The molecule has 2 aromatic heterocycles. The van der Waals surface area contributed by atoms with Crippen molar-refractivity contribution in [1.29, 1.82) is 0 Å². The van der Waals surface area contributed by atoms with Gasteiger partial charge in [0.2, 0.25) is 0 Å². The van der Waals surface area contributed by atoms with Gasteiger partial charge in [-0.05, 0) is 71.2 Å². The average molecular weight is 545 g/mol. The van der Waals surface area contributed by atoms with E-state index in [4.69, 9.17) is 4.74 Å². The maximum absolute atomic E-state index is 14.4. The van der Waals surface area contributed by atoms with Gasteiger partial charge in [-0.3, -0.25) is 9.78 Å². The van der Waals surface area contributed by atoms with Gasteiger partial charge in [-0.25, -0.2) is 18.0 Å². The van der Waals surface area contributed by atoms with Gasteiger partial charge < -0.3 is 18.9 Å². The van der Waals surface area contributed by atoms with Crippen LogP contribution in [0.25, 0.3) is 16.6 Å². The number of piperidine rings is 1. The third-order valence-corrected chi connectivity index (χ3v) is 6.89. The number of likely N-dealkylation sites (tertiary alicyclic amines) is 1.